The summed E-state index contributed by atoms with van der Waals surface area (Å²) in [7, 11) is 1.62. The number of para-hydroxylation sites is 1. The van der Waals surface area contributed by atoms with E-state index in [1.54, 1.807) is 19.5 Å². The lowest BCUT2D eigenvalue weighted by Crippen LogP contribution is -1.90. The summed E-state index contributed by atoms with van der Waals surface area (Å²) in [6, 6.07) is 11.6. The number of rotatable bonds is 2. The third-order valence-corrected chi connectivity index (χ3v) is 2.34. The molecule has 0 aliphatic heterocycles. The molecule has 1 aromatic heterocycles. The second-order valence-corrected chi connectivity index (χ2v) is 3.23. The molecule has 0 fully saturated rings. The lowest BCUT2D eigenvalue weighted by molar-refractivity contribution is 0.416. The van der Waals surface area contributed by atoms with Gasteiger partial charge < -0.3 is 4.74 Å². The van der Waals surface area contributed by atoms with Gasteiger partial charge in [0, 0.05) is 23.5 Å². The van der Waals surface area contributed by atoms with Crippen molar-refractivity contribution in [3.63, 3.8) is 0 Å². The molecular weight excluding hydrogens is 200 g/mol. The summed E-state index contributed by atoms with van der Waals surface area (Å²) in [5.41, 5.74) is 2.30. The van der Waals surface area contributed by atoms with E-state index >= 15 is 0 Å². The molecule has 0 N–H and O–H groups in total. The number of benzene rings is 1. The number of hydrogen-bond donors (Lipinski definition) is 0. The second kappa shape index (κ2) is 4.45. The summed E-state index contributed by atoms with van der Waals surface area (Å²) >= 11 is 0. The average molecular weight is 210 g/mol. The number of aromatic nitrogens is 1. The third-order valence-electron chi connectivity index (χ3n) is 2.34. The molecule has 0 saturated carbocycles. The molecule has 0 unspecified atom stereocenters. The Labute approximate surface area is 93.9 Å². The first-order valence-corrected chi connectivity index (χ1v) is 4.84. The van der Waals surface area contributed by atoms with Gasteiger partial charge >= 0.3 is 0 Å². The molecule has 2 rings (SSSR count). The Kier molecular flexibility index (Phi) is 2.84. The molecule has 2 aromatic rings. The minimum atomic E-state index is 0.548. The Bertz CT molecular complexity index is 544. The van der Waals surface area contributed by atoms with Gasteiger partial charge in [-0.15, -0.1) is 0 Å². The molecule has 0 saturated heterocycles. The number of nitrogens with zero attached hydrogens (tertiary/aromatic N) is 2. The molecule has 0 amide bonds. The molecule has 1 heterocycles. The Morgan fingerprint density at radius 1 is 1.19 bits per heavy atom. The van der Waals surface area contributed by atoms with Crippen LogP contribution in [0.15, 0.2) is 42.7 Å². The summed E-state index contributed by atoms with van der Waals surface area (Å²) in [4.78, 5) is 3.93. The van der Waals surface area contributed by atoms with E-state index in [2.05, 4.69) is 11.1 Å². The molecule has 0 radical (unpaired) electrons. The van der Waals surface area contributed by atoms with E-state index in [4.69, 9.17) is 10.00 Å². The molecular formula is C13H10N2O. The molecule has 0 spiro atoms. The largest absolute Gasteiger partial charge is 0.496 e. The van der Waals surface area contributed by atoms with E-state index in [-0.39, 0.29) is 0 Å². The molecule has 78 valence electrons. The number of hydrogen-bond acceptors (Lipinski definition) is 3. The van der Waals surface area contributed by atoms with Crippen molar-refractivity contribution in [1.29, 1.82) is 5.26 Å². The highest BCUT2D eigenvalue weighted by Gasteiger charge is 2.08. The van der Waals surface area contributed by atoms with Crippen molar-refractivity contribution < 1.29 is 4.74 Å². The van der Waals surface area contributed by atoms with Crippen molar-refractivity contribution >= 4 is 0 Å². The smallest absolute Gasteiger partial charge is 0.126 e. The van der Waals surface area contributed by atoms with E-state index in [1.165, 1.54) is 0 Å². The van der Waals surface area contributed by atoms with E-state index in [0.29, 0.717) is 5.56 Å². The van der Waals surface area contributed by atoms with Gasteiger partial charge in [-0.2, -0.15) is 5.26 Å². The highest BCUT2D eigenvalue weighted by Crippen LogP contribution is 2.31. The Hall–Kier alpha value is -2.34. The Balaban J connectivity index is 2.64. The fraction of sp³-hybridized carbons (Fsp3) is 0.0769. The second-order valence-electron chi connectivity index (χ2n) is 3.23. The van der Waals surface area contributed by atoms with Crippen LogP contribution in [0.4, 0.5) is 0 Å². The van der Waals surface area contributed by atoms with E-state index in [0.717, 1.165) is 16.9 Å². The topological polar surface area (TPSA) is 45.9 Å². The van der Waals surface area contributed by atoms with Crippen LogP contribution in [0.25, 0.3) is 11.1 Å². The molecule has 0 atom stereocenters. The Morgan fingerprint density at radius 3 is 2.75 bits per heavy atom. The maximum absolute atomic E-state index is 9.01. The summed E-state index contributed by atoms with van der Waals surface area (Å²) < 4.78 is 5.27. The minimum absolute atomic E-state index is 0.548. The molecule has 0 aliphatic carbocycles. The predicted molar refractivity (Wildman–Crippen MR) is 60.9 cm³/mol. The molecule has 1 aromatic carbocycles. The van der Waals surface area contributed by atoms with E-state index in [1.807, 2.05) is 30.3 Å². The van der Waals surface area contributed by atoms with Gasteiger partial charge in [0.15, 0.2) is 0 Å². The molecule has 0 bridgehead atoms. The monoisotopic (exact) mass is 210 g/mol. The van der Waals surface area contributed by atoms with Crippen LogP contribution in [0.3, 0.4) is 0 Å². The first-order valence-electron chi connectivity index (χ1n) is 4.84. The normalized spacial score (nSPS) is 9.50. The Morgan fingerprint density at radius 2 is 2.00 bits per heavy atom. The van der Waals surface area contributed by atoms with Crippen molar-refractivity contribution in [2.75, 3.05) is 7.11 Å². The van der Waals surface area contributed by atoms with Crippen molar-refractivity contribution in [3.05, 3.63) is 48.3 Å². The van der Waals surface area contributed by atoms with Crippen molar-refractivity contribution in [2.45, 2.75) is 0 Å². The van der Waals surface area contributed by atoms with Gasteiger partial charge in [0.2, 0.25) is 0 Å². The van der Waals surface area contributed by atoms with Crippen molar-refractivity contribution in [3.8, 4) is 22.9 Å². The lowest BCUT2D eigenvalue weighted by Gasteiger charge is -2.08. The zero-order valence-corrected chi connectivity index (χ0v) is 8.84. The van der Waals surface area contributed by atoms with Gasteiger partial charge in [-0.1, -0.05) is 18.2 Å². The predicted octanol–water partition coefficient (Wildman–Crippen LogP) is 2.63. The lowest BCUT2D eigenvalue weighted by atomic mass is 10.0. The molecule has 3 heteroatoms. The van der Waals surface area contributed by atoms with Crippen LogP contribution in [-0.4, -0.2) is 12.1 Å². The summed E-state index contributed by atoms with van der Waals surface area (Å²) in [6.45, 7) is 0. The van der Waals surface area contributed by atoms with Crippen LogP contribution in [0.1, 0.15) is 5.56 Å². The fourth-order valence-corrected chi connectivity index (χ4v) is 1.59. The van der Waals surface area contributed by atoms with E-state index < -0.39 is 0 Å². The summed E-state index contributed by atoms with van der Waals surface area (Å²) in [5, 5.41) is 9.01. The molecule has 0 aliphatic rings. The minimum Gasteiger partial charge on any atom is -0.496 e. The van der Waals surface area contributed by atoms with Crippen LogP contribution < -0.4 is 4.74 Å². The number of methoxy groups -OCH3 is 1. The van der Waals surface area contributed by atoms with Gasteiger partial charge in [-0.25, -0.2) is 0 Å². The van der Waals surface area contributed by atoms with Crippen LogP contribution >= 0.6 is 0 Å². The highest BCUT2D eigenvalue weighted by molar-refractivity contribution is 5.75. The number of nitriles is 1. The highest BCUT2D eigenvalue weighted by atomic mass is 16.5. The third kappa shape index (κ3) is 1.73. The maximum atomic E-state index is 9.01. The van der Waals surface area contributed by atoms with Crippen LogP contribution in [0, 0.1) is 11.3 Å². The van der Waals surface area contributed by atoms with Crippen LogP contribution in [0.5, 0.6) is 5.75 Å². The quantitative estimate of drug-likeness (QED) is 0.765. The molecule has 16 heavy (non-hydrogen) atoms. The standard InChI is InChI=1S/C13H10N2O/c1-16-13-5-3-2-4-12(13)11-6-7-15-9-10(11)8-14/h2-7,9H,1H3. The summed E-state index contributed by atoms with van der Waals surface area (Å²) in [6.07, 6.45) is 3.23. The van der Waals surface area contributed by atoms with Gasteiger partial charge in [0.25, 0.3) is 0 Å². The SMILES string of the molecule is COc1ccccc1-c1ccncc1C#N. The summed E-state index contributed by atoms with van der Waals surface area (Å²) in [5.74, 6) is 0.755. The van der Waals surface area contributed by atoms with Crippen LogP contribution in [0.2, 0.25) is 0 Å². The maximum Gasteiger partial charge on any atom is 0.126 e. The van der Waals surface area contributed by atoms with Crippen LogP contribution in [-0.2, 0) is 0 Å². The van der Waals surface area contributed by atoms with Gasteiger partial charge in [-0.05, 0) is 12.1 Å². The first kappa shape index (κ1) is 10.2. The first-order chi connectivity index (χ1) is 7.86. The van der Waals surface area contributed by atoms with Gasteiger partial charge in [0.05, 0.1) is 12.7 Å². The average Bonchev–Trinajstić information content (AvgIpc) is 2.38. The number of pyridine rings is 1. The van der Waals surface area contributed by atoms with Gasteiger partial charge in [-0.3, -0.25) is 4.98 Å². The fourth-order valence-electron chi connectivity index (χ4n) is 1.59. The van der Waals surface area contributed by atoms with Gasteiger partial charge in [0.1, 0.15) is 11.8 Å². The van der Waals surface area contributed by atoms with E-state index in [9.17, 15) is 0 Å². The van der Waals surface area contributed by atoms with Crippen molar-refractivity contribution in [1.82, 2.24) is 4.98 Å². The van der Waals surface area contributed by atoms with Crippen molar-refractivity contribution in [2.24, 2.45) is 0 Å². The zero-order valence-electron chi connectivity index (χ0n) is 8.84. The molecule has 3 nitrogen and oxygen atoms in total. The zero-order chi connectivity index (χ0) is 11.4. The number of ether oxygens (including phenoxy) is 1.